The highest BCUT2D eigenvalue weighted by atomic mass is 16.2. The zero-order chi connectivity index (χ0) is 11.4. The third-order valence-electron chi connectivity index (χ3n) is 2.89. The van der Waals surface area contributed by atoms with Gasteiger partial charge in [-0.3, -0.25) is 4.79 Å². The molecule has 0 aliphatic carbocycles. The van der Waals surface area contributed by atoms with Gasteiger partial charge in [-0.25, -0.2) is 0 Å². The van der Waals surface area contributed by atoms with Gasteiger partial charge in [0.1, 0.15) is 0 Å². The van der Waals surface area contributed by atoms with E-state index >= 15 is 0 Å². The minimum absolute atomic E-state index is 0.266. The summed E-state index contributed by atoms with van der Waals surface area (Å²) in [6.07, 6.45) is 2.54. The lowest BCUT2D eigenvalue weighted by Crippen LogP contribution is -2.26. The average Bonchev–Trinajstić information content (AvgIpc) is 2.73. The maximum Gasteiger partial charge on any atom is 0.385 e. The summed E-state index contributed by atoms with van der Waals surface area (Å²) in [5, 5.41) is 8.54. The first-order chi connectivity index (χ1) is 7.79. The smallest absolute Gasteiger partial charge is 0.342 e. The van der Waals surface area contributed by atoms with E-state index in [4.69, 9.17) is 5.39 Å². The minimum Gasteiger partial charge on any atom is -0.342 e. The Morgan fingerprint density at radius 2 is 2.06 bits per heavy atom. The molecule has 0 saturated carbocycles. The lowest BCUT2D eigenvalue weighted by Gasteiger charge is -2.14. The fourth-order valence-electron chi connectivity index (χ4n) is 1.93. The molecular weight excluding hydrogens is 202 g/mol. The number of hydrogen-bond donors (Lipinski definition) is 0. The lowest BCUT2D eigenvalue weighted by molar-refractivity contribution is -0.127. The molecule has 16 heavy (non-hydrogen) atoms. The average molecular weight is 216 g/mol. The van der Waals surface area contributed by atoms with Crippen molar-refractivity contribution in [1.29, 1.82) is 5.39 Å². The zero-order valence-electron chi connectivity index (χ0n) is 9.09. The van der Waals surface area contributed by atoms with Crippen LogP contribution in [-0.4, -0.2) is 23.9 Å². The molecule has 82 valence electrons. The van der Waals surface area contributed by atoms with Crippen LogP contribution in [0.25, 0.3) is 4.98 Å². The molecule has 1 amide bonds. The number of carbonyl (C=O) groups is 1. The van der Waals surface area contributed by atoms with E-state index in [0.29, 0.717) is 12.1 Å². The number of diazo groups is 1. The number of nitrogens with zero attached hydrogens (tertiary/aromatic N) is 3. The first kappa shape index (κ1) is 10.6. The molecule has 4 heteroatoms. The Morgan fingerprint density at radius 1 is 1.31 bits per heavy atom. The summed E-state index contributed by atoms with van der Waals surface area (Å²) in [6.45, 7) is 1.68. The van der Waals surface area contributed by atoms with Crippen LogP contribution in [0.1, 0.15) is 18.4 Å². The molecule has 1 aromatic rings. The van der Waals surface area contributed by atoms with Crippen molar-refractivity contribution in [3.8, 4) is 0 Å². The molecule has 0 spiro atoms. The van der Waals surface area contributed by atoms with Crippen molar-refractivity contribution in [2.75, 3.05) is 13.1 Å². The van der Waals surface area contributed by atoms with Crippen molar-refractivity contribution in [3.05, 3.63) is 34.8 Å². The fraction of sp³-hybridized carbons (Fsp3) is 0.417. The molecule has 0 bridgehead atoms. The van der Waals surface area contributed by atoms with Gasteiger partial charge >= 0.3 is 5.69 Å². The normalized spacial score (nSPS) is 15.2. The van der Waals surface area contributed by atoms with E-state index in [9.17, 15) is 4.79 Å². The van der Waals surface area contributed by atoms with Gasteiger partial charge in [0.15, 0.2) is 4.98 Å². The summed E-state index contributed by atoms with van der Waals surface area (Å²) < 4.78 is 0. The van der Waals surface area contributed by atoms with E-state index in [0.717, 1.165) is 31.5 Å². The van der Waals surface area contributed by atoms with E-state index in [1.54, 1.807) is 12.1 Å². The molecule has 1 aliphatic heterocycles. The predicted octanol–water partition coefficient (Wildman–Crippen LogP) is 2.34. The SMILES string of the molecule is N#[N+]c1ccc(CCN2CCCC2=O)cc1. The maximum atomic E-state index is 11.4. The third kappa shape index (κ3) is 2.37. The van der Waals surface area contributed by atoms with Crippen LogP contribution in [0.5, 0.6) is 0 Å². The summed E-state index contributed by atoms with van der Waals surface area (Å²) >= 11 is 0. The largest absolute Gasteiger partial charge is 0.385 e. The van der Waals surface area contributed by atoms with Gasteiger partial charge in [-0.05, 0) is 18.4 Å². The number of carbonyl (C=O) groups excluding carboxylic acids is 1. The summed E-state index contributed by atoms with van der Waals surface area (Å²) in [5.74, 6) is 0.266. The summed E-state index contributed by atoms with van der Waals surface area (Å²) in [5.41, 5.74) is 1.72. The fourth-order valence-corrected chi connectivity index (χ4v) is 1.93. The zero-order valence-corrected chi connectivity index (χ0v) is 9.09. The van der Waals surface area contributed by atoms with Crippen LogP contribution in [0.15, 0.2) is 24.3 Å². The maximum absolute atomic E-state index is 11.4. The predicted molar refractivity (Wildman–Crippen MR) is 60.7 cm³/mol. The van der Waals surface area contributed by atoms with Gasteiger partial charge in [-0.1, -0.05) is 12.1 Å². The molecule has 1 aromatic carbocycles. The highest BCUT2D eigenvalue weighted by Gasteiger charge is 2.19. The van der Waals surface area contributed by atoms with Gasteiger partial charge in [0.25, 0.3) is 0 Å². The van der Waals surface area contributed by atoms with Crippen LogP contribution < -0.4 is 0 Å². The molecule has 2 rings (SSSR count). The molecular formula is C12H14N3O+. The molecule has 1 saturated heterocycles. The Labute approximate surface area is 94.5 Å². The van der Waals surface area contributed by atoms with Gasteiger partial charge < -0.3 is 4.90 Å². The van der Waals surface area contributed by atoms with Crippen molar-refractivity contribution in [3.63, 3.8) is 0 Å². The highest BCUT2D eigenvalue weighted by Crippen LogP contribution is 2.14. The Kier molecular flexibility index (Phi) is 3.16. The number of amides is 1. The molecule has 0 radical (unpaired) electrons. The van der Waals surface area contributed by atoms with Crippen LogP contribution in [0, 0.1) is 5.39 Å². The minimum atomic E-state index is 0.266. The van der Waals surface area contributed by atoms with Gasteiger partial charge in [0.2, 0.25) is 11.3 Å². The van der Waals surface area contributed by atoms with E-state index in [-0.39, 0.29) is 5.91 Å². The molecule has 1 heterocycles. The molecule has 1 aliphatic rings. The van der Waals surface area contributed by atoms with E-state index < -0.39 is 0 Å². The van der Waals surface area contributed by atoms with E-state index in [1.165, 1.54) is 0 Å². The third-order valence-corrected chi connectivity index (χ3v) is 2.89. The number of rotatable bonds is 3. The molecule has 0 aromatic heterocycles. The highest BCUT2D eigenvalue weighted by molar-refractivity contribution is 5.78. The monoisotopic (exact) mass is 216 g/mol. The number of benzene rings is 1. The van der Waals surface area contributed by atoms with Crippen molar-refractivity contribution < 1.29 is 4.79 Å². The van der Waals surface area contributed by atoms with Crippen molar-refractivity contribution in [1.82, 2.24) is 4.90 Å². The quantitative estimate of drug-likeness (QED) is 0.728. The van der Waals surface area contributed by atoms with Gasteiger partial charge in [0, 0.05) is 31.6 Å². The summed E-state index contributed by atoms with van der Waals surface area (Å²) in [6, 6.07) is 7.38. The van der Waals surface area contributed by atoms with Crippen LogP contribution in [-0.2, 0) is 11.2 Å². The van der Waals surface area contributed by atoms with Gasteiger partial charge in [-0.2, -0.15) is 0 Å². The van der Waals surface area contributed by atoms with Crippen molar-refractivity contribution >= 4 is 11.6 Å². The molecule has 1 fully saturated rings. The Balaban J connectivity index is 1.90. The van der Waals surface area contributed by atoms with Gasteiger partial charge in [0.05, 0.1) is 0 Å². The van der Waals surface area contributed by atoms with E-state index in [2.05, 4.69) is 4.98 Å². The van der Waals surface area contributed by atoms with Crippen LogP contribution in [0.4, 0.5) is 5.69 Å². The molecule has 0 atom stereocenters. The second-order valence-corrected chi connectivity index (χ2v) is 4.00. The first-order valence-electron chi connectivity index (χ1n) is 5.51. The molecule has 4 nitrogen and oxygen atoms in total. The Morgan fingerprint density at radius 3 is 2.62 bits per heavy atom. The first-order valence-corrected chi connectivity index (χ1v) is 5.51. The summed E-state index contributed by atoms with van der Waals surface area (Å²) in [4.78, 5) is 16.4. The van der Waals surface area contributed by atoms with Crippen molar-refractivity contribution in [2.24, 2.45) is 0 Å². The van der Waals surface area contributed by atoms with Crippen LogP contribution >= 0.6 is 0 Å². The summed E-state index contributed by atoms with van der Waals surface area (Å²) in [7, 11) is 0. The van der Waals surface area contributed by atoms with Crippen LogP contribution in [0.3, 0.4) is 0 Å². The number of hydrogen-bond acceptors (Lipinski definition) is 2. The number of likely N-dealkylation sites (tertiary alicyclic amines) is 1. The van der Waals surface area contributed by atoms with Crippen LogP contribution in [0.2, 0.25) is 0 Å². The molecule has 0 N–H and O–H groups in total. The van der Waals surface area contributed by atoms with E-state index in [1.807, 2.05) is 17.0 Å². The van der Waals surface area contributed by atoms with Crippen molar-refractivity contribution in [2.45, 2.75) is 19.3 Å². The Hall–Kier alpha value is -1.89. The standard InChI is InChI=1S/C12H14N3O/c13-14-11-5-3-10(4-6-11)7-9-15-8-1-2-12(15)16/h3-6H,1-2,7-9H2/q+1. The second kappa shape index (κ2) is 4.75. The second-order valence-electron chi connectivity index (χ2n) is 4.00. The topological polar surface area (TPSA) is 48.5 Å². The molecule has 0 unspecified atom stereocenters. The van der Waals surface area contributed by atoms with Gasteiger partial charge in [-0.15, -0.1) is 0 Å². The Bertz CT molecular complexity index is 419. The lowest BCUT2D eigenvalue weighted by atomic mass is 10.1.